The fourth-order valence-corrected chi connectivity index (χ4v) is 3.52. The van der Waals surface area contributed by atoms with Gasteiger partial charge in [-0.05, 0) is 54.8 Å². The molecule has 5 nitrogen and oxygen atoms in total. The highest BCUT2D eigenvalue weighted by Crippen LogP contribution is 2.24. The van der Waals surface area contributed by atoms with Crippen molar-refractivity contribution < 1.29 is 17.6 Å². The van der Waals surface area contributed by atoms with Crippen molar-refractivity contribution in [2.45, 2.75) is 20.3 Å². The first-order valence-corrected chi connectivity index (χ1v) is 9.80. The molecule has 26 heavy (non-hydrogen) atoms. The molecule has 2 aromatic rings. The van der Waals surface area contributed by atoms with Crippen LogP contribution in [0.2, 0.25) is 0 Å². The third-order valence-corrected chi connectivity index (χ3v) is 5.08. The van der Waals surface area contributed by atoms with E-state index in [1.54, 1.807) is 44.2 Å². The van der Waals surface area contributed by atoms with Crippen LogP contribution in [0.4, 0.5) is 15.8 Å². The van der Waals surface area contributed by atoms with Gasteiger partial charge in [0.15, 0.2) is 0 Å². The SMILES string of the molecule is CCCS(=O)(=O)Nc1cccc(NC(=O)/C=C/c2cccc(F)c2)c1C. The van der Waals surface area contributed by atoms with Crippen LogP contribution in [0, 0.1) is 12.7 Å². The van der Waals surface area contributed by atoms with Crippen LogP contribution < -0.4 is 10.0 Å². The summed E-state index contributed by atoms with van der Waals surface area (Å²) >= 11 is 0. The number of halogens is 1. The molecular formula is C19H21FN2O3S. The van der Waals surface area contributed by atoms with Crippen LogP contribution in [-0.2, 0) is 14.8 Å². The molecule has 0 saturated heterocycles. The lowest BCUT2D eigenvalue weighted by Gasteiger charge is -2.13. The number of amides is 1. The van der Waals surface area contributed by atoms with E-state index in [0.29, 0.717) is 28.9 Å². The summed E-state index contributed by atoms with van der Waals surface area (Å²) in [6.45, 7) is 3.50. The number of carbonyl (C=O) groups excluding carboxylic acids is 1. The highest BCUT2D eigenvalue weighted by atomic mass is 32.2. The van der Waals surface area contributed by atoms with Crippen LogP contribution in [0.5, 0.6) is 0 Å². The van der Waals surface area contributed by atoms with Gasteiger partial charge in [0.2, 0.25) is 15.9 Å². The molecule has 0 spiro atoms. The Labute approximate surface area is 153 Å². The monoisotopic (exact) mass is 376 g/mol. The molecule has 0 aromatic heterocycles. The molecule has 0 bridgehead atoms. The number of anilines is 2. The van der Waals surface area contributed by atoms with E-state index in [1.165, 1.54) is 24.3 Å². The highest BCUT2D eigenvalue weighted by Gasteiger charge is 2.12. The van der Waals surface area contributed by atoms with Crippen molar-refractivity contribution >= 4 is 33.4 Å². The maximum atomic E-state index is 13.1. The van der Waals surface area contributed by atoms with E-state index in [-0.39, 0.29) is 11.6 Å². The van der Waals surface area contributed by atoms with Crippen LogP contribution in [0.1, 0.15) is 24.5 Å². The summed E-state index contributed by atoms with van der Waals surface area (Å²) in [5.74, 6) is -0.749. The van der Waals surface area contributed by atoms with Crippen LogP contribution in [0.25, 0.3) is 6.08 Å². The van der Waals surface area contributed by atoms with Crippen molar-refractivity contribution in [1.82, 2.24) is 0 Å². The Morgan fingerprint density at radius 3 is 2.54 bits per heavy atom. The first-order valence-electron chi connectivity index (χ1n) is 8.15. The fraction of sp³-hybridized carbons (Fsp3) is 0.211. The van der Waals surface area contributed by atoms with Crippen molar-refractivity contribution in [3.63, 3.8) is 0 Å². The highest BCUT2D eigenvalue weighted by molar-refractivity contribution is 7.92. The normalized spacial score (nSPS) is 11.5. The lowest BCUT2D eigenvalue weighted by atomic mass is 10.1. The number of benzene rings is 2. The molecule has 0 fully saturated rings. The Kier molecular flexibility index (Phi) is 6.52. The molecular weight excluding hydrogens is 355 g/mol. The Morgan fingerprint density at radius 1 is 1.15 bits per heavy atom. The lowest BCUT2D eigenvalue weighted by Crippen LogP contribution is -2.17. The van der Waals surface area contributed by atoms with Crippen molar-refractivity contribution in [3.8, 4) is 0 Å². The zero-order chi connectivity index (χ0) is 19.2. The molecule has 2 rings (SSSR count). The van der Waals surface area contributed by atoms with E-state index in [0.717, 1.165) is 0 Å². The van der Waals surface area contributed by atoms with Gasteiger partial charge in [0.25, 0.3) is 0 Å². The third-order valence-electron chi connectivity index (χ3n) is 3.61. The maximum absolute atomic E-state index is 13.1. The number of carbonyl (C=O) groups is 1. The van der Waals surface area contributed by atoms with Crippen molar-refractivity contribution in [1.29, 1.82) is 0 Å². The van der Waals surface area contributed by atoms with Gasteiger partial charge in [-0.3, -0.25) is 9.52 Å². The minimum atomic E-state index is -3.41. The Hall–Kier alpha value is -2.67. The Morgan fingerprint density at radius 2 is 1.85 bits per heavy atom. The average Bonchev–Trinajstić information content (AvgIpc) is 2.56. The smallest absolute Gasteiger partial charge is 0.248 e. The maximum Gasteiger partial charge on any atom is 0.248 e. The molecule has 1 amide bonds. The van der Waals surface area contributed by atoms with E-state index < -0.39 is 15.9 Å². The van der Waals surface area contributed by atoms with Crippen LogP contribution in [0.15, 0.2) is 48.5 Å². The molecule has 138 valence electrons. The minimum absolute atomic E-state index is 0.0272. The van der Waals surface area contributed by atoms with Gasteiger partial charge in [0.05, 0.1) is 11.4 Å². The van der Waals surface area contributed by atoms with E-state index in [1.807, 2.05) is 0 Å². The van der Waals surface area contributed by atoms with Gasteiger partial charge in [0.1, 0.15) is 5.82 Å². The predicted octanol–water partition coefficient (Wildman–Crippen LogP) is 3.94. The molecule has 2 N–H and O–H groups in total. The largest absolute Gasteiger partial charge is 0.322 e. The minimum Gasteiger partial charge on any atom is -0.322 e. The summed E-state index contributed by atoms with van der Waals surface area (Å²) in [6.07, 6.45) is 3.30. The molecule has 7 heteroatoms. The standard InChI is InChI=1S/C19H21FN2O3S/c1-3-12-26(24,25)22-18-9-5-8-17(14(18)2)21-19(23)11-10-15-6-4-7-16(20)13-15/h4-11,13,22H,3,12H2,1-2H3,(H,21,23)/b11-10+. The van der Waals surface area contributed by atoms with Gasteiger partial charge in [-0.25, -0.2) is 12.8 Å². The number of hydrogen-bond acceptors (Lipinski definition) is 3. The number of nitrogens with one attached hydrogen (secondary N) is 2. The molecule has 0 aliphatic carbocycles. The lowest BCUT2D eigenvalue weighted by molar-refractivity contribution is -0.111. The van der Waals surface area contributed by atoms with Gasteiger partial charge in [0, 0.05) is 11.8 Å². The molecule has 2 aromatic carbocycles. The van der Waals surface area contributed by atoms with E-state index in [4.69, 9.17) is 0 Å². The zero-order valence-corrected chi connectivity index (χ0v) is 15.4. The second-order valence-electron chi connectivity index (χ2n) is 5.78. The van der Waals surface area contributed by atoms with Crippen molar-refractivity contribution in [3.05, 3.63) is 65.5 Å². The Balaban J connectivity index is 2.12. The molecule has 0 saturated carbocycles. The van der Waals surface area contributed by atoms with Crippen molar-refractivity contribution in [2.24, 2.45) is 0 Å². The van der Waals surface area contributed by atoms with Gasteiger partial charge in [-0.15, -0.1) is 0 Å². The van der Waals surface area contributed by atoms with E-state index in [2.05, 4.69) is 10.0 Å². The van der Waals surface area contributed by atoms with Crippen LogP contribution in [0.3, 0.4) is 0 Å². The summed E-state index contributed by atoms with van der Waals surface area (Å²) in [6, 6.07) is 10.9. The van der Waals surface area contributed by atoms with Gasteiger partial charge in [-0.2, -0.15) is 0 Å². The fourth-order valence-electron chi connectivity index (χ4n) is 2.33. The quantitative estimate of drug-likeness (QED) is 0.719. The summed E-state index contributed by atoms with van der Waals surface area (Å²) in [5.41, 5.74) is 2.10. The van der Waals surface area contributed by atoms with Gasteiger partial charge < -0.3 is 5.32 Å². The molecule has 0 aliphatic rings. The number of sulfonamides is 1. The van der Waals surface area contributed by atoms with E-state index in [9.17, 15) is 17.6 Å². The average molecular weight is 376 g/mol. The molecule has 0 unspecified atom stereocenters. The second-order valence-corrected chi connectivity index (χ2v) is 7.62. The third kappa shape index (κ3) is 5.70. The molecule has 0 aliphatic heterocycles. The van der Waals surface area contributed by atoms with Crippen LogP contribution >= 0.6 is 0 Å². The second kappa shape index (κ2) is 8.62. The van der Waals surface area contributed by atoms with Gasteiger partial charge >= 0.3 is 0 Å². The zero-order valence-electron chi connectivity index (χ0n) is 14.6. The summed E-state index contributed by atoms with van der Waals surface area (Å²) in [5, 5.41) is 2.70. The summed E-state index contributed by atoms with van der Waals surface area (Å²) in [4.78, 5) is 12.1. The first-order chi connectivity index (χ1) is 12.3. The summed E-state index contributed by atoms with van der Waals surface area (Å²) in [7, 11) is -3.41. The molecule has 0 atom stereocenters. The molecule has 0 heterocycles. The number of hydrogen-bond donors (Lipinski definition) is 2. The molecule has 0 radical (unpaired) electrons. The topological polar surface area (TPSA) is 75.3 Å². The first kappa shape index (κ1) is 19.7. The van der Waals surface area contributed by atoms with Crippen LogP contribution in [-0.4, -0.2) is 20.1 Å². The van der Waals surface area contributed by atoms with E-state index >= 15 is 0 Å². The summed E-state index contributed by atoms with van der Waals surface area (Å²) < 4.78 is 39.5. The number of rotatable bonds is 7. The van der Waals surface area contributed by atoms with Gasteiger partial charge in [-0.1, -0.05) is 25.1 Å². The van der Waals surface area contributed by atoms with Crippen molar-refractivity contribution in [2.75, 3.05) is 15.8 Å². The predicted molar refractivity (Wildman–Crippen MR) is 103 cm³/mol. The Bertz CT molecular complexity index is 924.